The molecule has 4 fully saturated rings. The molecule has 2 heteroatoms. The van der Waals surface area contributed by atoms with Crippen molar-refractivity contribution in [1.29, 1.82) is 0 Å². The van der Waals surface area contributed by atoms with Gasteiger partial charge in [-0.3, -0.25) is 0 Å². The molecule has 0 amide bonds. The summed E-state index contributed by atoms with van der Waals surface area (Å²) in [6.45, 7) is 11.2. The summed E-state index contributed by atoms with van der Waals surface area (Å²) in [5, 5.41) is 20.4. The Morgan fingerprint density at radius 3 is 2.31 bits per heavy atom. The summed E-state index contributed by atoms with van der Waals surface area (Å²) in [4.78, 5) is 0. The predicted molar refractivity (Wildman–Crippen MR) is 121 cm³/mol. The van der Waals surface area contributed by atoms with Gasteiger partial charge in [0.15, 0.2) is 0 Å². The molecule has 9 atom stereocenters. The minimum absolute atomic E-state index is 0.512. The van der Waals surface area contributed by atoms with Crippen LogP contribution in [0.1, 0.15) is 112 Å². The Hall–Kier alpha value is -0.0800. The second-order valence-corrected chi connectivity index (χ2v) is 12.9. The maximum Gasteiger partial charge on any atom is 0.0849 e. The number of hydrogen-bond acceptors (Lipinski definition) is 2. The predicted octanol–water partition coefficient (Wildman–Crippen LogP) is 6.58. The van der Waals surface area contributed by atoms with E-state index in [1.54, 1.807) is 13.8 Å². The number of rotatable bonds is 5. The SMILES string of the molecule is C[C@H](CC[C@H](O)C(C)(C)O)[C@H]1CC[C@H]2[C@@H]3CCC4CCCC[C@]4(C)[C@H]3CC[C@]12C. The fraction of sp³-hybridized carbons (Fsp3) is 1.00. The van der Waals surface area contributed by atoms with Crippen molar-refractivity contribution in [2.24, 2.45) is 46.3 Å². The molecule has 0 heterocycles. The highest BCUT2D eigenvalue weighted by atomic mass is 16.3. The molecule has 0 radical (unpaired) electrons. The standard InChI is InChI=1S/C27H48O2/c1-18(9-14-24(28)25(2,3)29)21-12-13-22-20-11-10-19-8-6-7-16-26(19,4)23(20)15-17-27(21,22)5/h18-24,28-29H,6-17H2,1-5H3/t18-,19?,20+,21-,22+,23+,24+,26+,27-/m1/s1. The van der Waals surface area contributed by atoms with Crippen LogP contribution in [0.15, 0.2) is 0 Å². The zero-order valence-corrected chi connectivity index (χ0v) is 19.9. The molecule has 0 aliphatic heterocycles. The van der Waals surface area contributed by atoms with Crippen molar-refractivity contribution >= 4 is 0 Å². The molecular weight excluding hydrogens is 356 g/mol. The highest BCUT2D eigenvalue weighted by Gasteiger charge is 2.60. The molecule has 0 aromatic rings. The van der Waals surface area contributed by atoms with Crippen LogP contribution in [0.25, 0.3) is 0 Å². The Bertz CT molecular complexity index is 580. The molecule has 4 aliphatic carbocycles. The van der Waals surface area contributed by atoms with E-state index in [4.69, 9.17) is 0 Å². The van der Waals surface area contributed by atoms with E-state index in [-0.39, 0.29) is 0 Å². The van der Waals surface area contributed by atoms with Crippen molar-refractivity contribution in [1.82, 2.24) is 0 Å². The minimum atomic E-state index is -0.978. The molecule has 0 bridgehead atoms. The first-order valence-corrected chi connectivity index (χ1v) is 13.0. The molecule has 4 saturated carbocycles. The molecule has 29 heavy (non-hydrogen) atoms. The van der Waals surface area contributed by atoms with E-state index in [0.717, 1.165) is 42.4 Å². The van der Waals surface area contributed by atoms with Gasteiger partial charge in [0.1, 0.15) is 0 Å². The Balaban J connectivity index is 1.45. The molecule has 1 unspecified atom stereocenters. The molecule has 0 spiro atoms. The largest absolute Gasteiger partial charge is 0.390 e. The van der Waals surface area contributed by atoms with E-state index < -0.39 is 11.7 Å². The van der Waals surface area contributed by atoms with Crippen LogP contribution >= 0.6 is 0 Å². The summed E-state index contributed by atoms with van der Waals surface area (Å²) in [5.74, 6) is 5.38. The lowest BCUT2D eigenvalue weighted by Crippen LogP contribution is -2.53. The van der Waals surface area contributed by atoms with Gasteiger partial charge in [-0.1, -0.05) is 33.6 Å². The van der Waals surface area contributed by atoms with Crippen molar-refractivity contribution in [3.8, 4) is 0 Å². The smallest absolute Gasteiger partial charge is 0.0849 e. The third kappa shape index (κ3) is 3.73. The van der Waals surface area contributed by atoms with Crippen molar-refractivity contribution in [3.05, 3.63) is 0 Å². The van der Waals surface area contributed by atoms with Crippen LogP contribution < -0.4 is 0 Å². The maximum atomic E-state index is 10.3. The molecule has 2 N–H and O–H groups in total. The Labute approximate surface area is 180 Å². The average molecular weight is 405 g/mol. The number of aliphatic hydroxyl groups excluding tert-OH is 1. The number of fused-ring (bicyclic) bond motifs is 5. The second-order valence-electron chi connectivity index (χ2n) is 12.9. The Morgan fingerprint density at radius 2 is 1.59 bits per heavy atom. The van der Waals surface area contributed by atoms with Crippen LogP contribution in [0, 0.1) is 46.3 Å². The van der Waals surface area contributed by atoms with Crippen LogP contribution in [0.2, 0.25) is 0 Å². The molecule has 2 nitrogen and oxygen atoms in total. The van der Waals surface area contributed by atoms with Crippen LogP contribution in [0.4, 0.5) is 0 Å². The molecule has 0 aromatic carbocycles. The van der Waals surface area contributed by atoms with Crippen LogP contribution in [0.3, 0.4) is 0 Å². The van der Waals surface area contributed by atoms with Crippen molar-refractivity contribution in [2.45, 2.75) is 123 Å². The van der Waals surface area contributed by atoms with Gasteiger partial charge in [0.2, 0.25) is 0 Å². The van der Waals surface area contributed by atoms with Gasteiger partial charge < -0.3 is 10.2 Å². The molecule has 4 rings (SSSR count). The van der Waals surface area contributed by atoms with Crippen LogP contribution in [-0.4, -0.2) is 21.9 Å². The zero-order valence-electron chi connectivity index (χ0n) is 19.9. The highest BCUT2D eigenvalue weighted by Crippen LogP contribution is 2.68. The Morgan fingerprint density at radius 1 is 0.862 bits per heavy atom. The summed E-state index contributed by atoms with van der Waals surface area (Å²) >= 11 is 0. The van der Waals surface area contributed by atoms with E-state index in [9.17, 15) is 10.2 Å². The van der Waals surface area contributed by atoms with E-state index in [1.807, 2.05) is 0 Å². The van der Waals surface area contributed by atoms with Gasteiger partial charge in [-0.2, -0.15) is 0 Å². The topological polar surface area (TPSA) is 40.5 Å². The van der Waals surface area contributed by atoms with Crippen molar-refractivity contribution in [2.75, 3.05) is 0 Å². The summed E-state index contributed by atoms with van der Waals surface area (Å²) < 4.78 is 0. The van der Waals surface area contributed by atoms with Gasteiger partial charge in [0, 0.05) is 0 Å². The molecule has 4 aliphatic rings. The molecule has 168 valence electrons. The normalized spacial score (nSPS) is 47.1. The van der Waals surface area contributed by atoms with Crippen molar-refractivity contribution in [3.63, 3.8) is 0 Å². The Kier molecular flexibility index (Phi) is 5.95. The first-order chi connectivity index (χ1) is 13.6. The van der Waals surface area contributed by atoms with Crippen LogP contribution in [-0.2, 0) is 0 Å². The fourth-order valence-corrected chi connectivity index (χ4v) is 9.25. The van der Waals surface area contributed by atoms with Gasteiger partial charge in [0.05, 0.1) is 11.7 Å². The molecular formula is C27H48O2. The minimum Gasteiger partial charge on any atom is -0.390 e. The van der Waals surface area contributed by atoms with Gasteiger partial charge in [-0.15, -0.1) is 0 Å². The highest BCUT2D eigenvalue weighted by molar-refractivity contribution is 5.09. The quantitative estimate of drug-likeness (QED) is 0.543. The van der Waals surface area contributed by atoms with Gasteiger partial charge in [0.25, 0.3) is 0 Å². The van der Waals surface area contributed by atoms with Gasteiger partial charge in [-0.25, -0.2) is 0 Å². The number of aliphatic hydroxyl groups is 2. The van der Waals surface area contributed by atoms with Gasteiger partial charge in [-0.05, 0) is 124 Å². The second kappa shape index (κ2) is 7.80. The lowest BCUT2D eigenvalue weighted by molar-refractivity contribution is -0.115. The maximum absolute atomic E-state index is 10.3. The first-order valence-electron chi connectivity index (χ1n) is 13.0. The van der Waals surface area contributed by atoms with Crippen LogP contribution in [0.5, 0.6) is 0 Å². The van der Waals surface area contributed by atoms with E-state index in [1.165, 1.54) is 64.2 Å². The summed E-state index contributed by atoms with van der Waals surface area (Å²) in [7, 11) is 0. The van der Waals surface area contributed by atoms with E-state index in [2.05, 4.69) is 20.8 Å². The third-order valence-electron chi connectivity index (χ3n) is 11.1. The summed E-state index contributed by atoms with van der Waals surface area (Å²) in [6, 6.07) is 0. The van der Waals surface area contributed by atoms with Gasteiger partial charge >= 0.3 is 0 Å². The van der Waals surface area contributed by atoms with E-state index >= 15 is 0 Å². The third-order valence-corrected chi connectivity index (χ3v) is 11.1. The fourth-order valence-electron chi connectivity index (χ4n) is 9.25. The van der Waals surface area contributed by atoms with E-state index in [0.29, 0.717) is 16.7 Å². The first kappa shape index (κ1) is 22.1. The van der Waals surface area contributed by atoms with Crippen molar-refractivity contribution < 1.29 is 10.2 Å². The summed E-state index contributed by atoms with van der Waals surface area (Å²) in [6.07, 6.45) is 15.9. The lowest BCUT2D eigenvalue weighted by Gasteiger charge is -2.61. The molecule has 0 aromatic heterocycles. The number of hydrogen-bond donors (Lipinski definition) is 2. The lowest BCUT2D eigenvalue weighted by atomic mass is 9.44. The zero-order chi connectivity index (χ0) is 21.0. The molecule has 0 saturated heterocycles. The monoisotopic (exact) mass is 404 g/mol. The average Bonchev–Trinajstić information content (AvgIpc) is 3.01. The summed E-state index contributed by atoms with van der Waals surface area (Å²) in [5.41, 5.74) is 0.176.